The number of phenols is 1. The van der Waals surface area contributed by atoms with Crippen LogP contribution in [0.4, 0.5) is 9.59 Å². The van der Waals surface area contributed by atoms with Crippen molar-refractivity contribution < 1.29 is 34.1 Å². The monoisotopic (exact) mass is 372 g/mol. The van der Waals surface area contributed by atoms with Crippen molar-refractivity contribution in [2.75, 3.05) is 0 Å². The molecule has 0 aliphatic carbocycles. The maximum absolute atomic E-state index is 12.1. The van der Waals surface area contributed by atoms with Crippen molar-refractivity contribution >= 4 is 34.4 Å². The van der Waals surface area contributed by atoms with Gasteiger partial charge in [-0.05, 0) is 29.5 Å². The summed E-state index contributed by atoms with van der Waals surface area (Å²) in [6.07, 6.45) is -2.77. The summed E-state index contributed by atoms with van der Waals surface area (Å²) in [5.74, 6) is -0.302. The average Bonchev–Trinajstić information content (AvgIpc) is 3.26. The van der Waals surface area contributed by atoms with Gasteiger partial charge in [-0.2, -0.15) is 0 Å². The molecule has 13 heteroatoms. The molecule has 0 radical (unpaired) electrons. The number of carboxylic acid groups (broad SMARTS) is 1. The maximum Gasteiger partial charge on any atom is 0.540 e. The molecule has 4 aromatic rings. The van der Waals surface area contributed by atoms with Gasteiger partial charge in [0.2, 0.25) is 0 Å². The number of nitrogens with zero attached hydrogens (tertiary/aromatic N) is 5. The van der Waals surface area contributed by atoms with E-state index in [2.05, 4.69) is 30.5 Å². The van der Waals surface area contributed by atoms with E-state index < -0.39 is 12.3 Å². The Bertz CT molecular complexity index is 1180. The molecule has 0 bridgehead atoms. The van der Waals surface area contributed by atoms with Gasteiger partial charge in [0, 0.05) is 0 Å². The van der Waals surface area contributed by atoms with E-state index >= 15 is 0 Å². The van der Waals surface area contributed by atoms with E-state index in [0.29, 0.717) is 4.85 Å². The van der Waals surface area contributed by atoms with Gasteiger partial charge in [0.25, 0.3) is 0 Å². The van der Waals surface area contributed by atoms with Crippen LogP contribution in [0.2, 0.25) is 0 Å². The number of aromatic amines is 1. The lowest BCUT2D eigenvalue weighted by atomic mass is 10.3. The number of H-pyrrole nitrogens is 1. The van der Waals surface area contributed by atoms with E-state index in [1.807, 2.05) is 0 Å². The lowest BCUT2D eigenvalue weighted by Crippen LogP contribution is -2.24. The zero-order chi connectivity index (χ0) is 19.0. The van der Waals surface area contributed by atoms with Crippen molar-refractivity contribution in [3.05, 3.63) is 30.3 Å². The minimum absolute atomic E-state index is 0.00997. The van der Waals surface area contributed by atoms with E-state index in [-0.39, 0.29) is 39.3 Å². The Labute approximate surface area is 147 Å². The summed E-state index contributed by atoms with van der Waals surface area (Å²) in [6.45, 7) is 0. The summed E-state index contributed by atoms with van der Waals surface area (Å²) >= 11 is 0. The Morgan fingerprint density at radius 3 is 2.74 bits per heavy atom. The largest absolute Gasteiger partial charge is 0.540 e. The molecule has 0 fully saturated rings. The van der Waals surface area contributed by atoms with Crippen LogP contribution < -0.4 is 14.3 Å². The van der Waals surface area contributed by atoms with Gasteiger partial charge >= 0.3 is 12.3 Å². The molecule has 0 amide bonds. The lowest BCUT2D eigenvalue weighted by Gasteiger charge is -2.07. The van der Waals surface area contributed by atoms with Crippen LogP contribution >= 0.6 is 0 Å². The van der Waals surface area contributed by atoms with Gasteiger partial charge in [-0.3, -0.25) is 9.94 Å². The number of phenolic OH excluding ortho intramolecular Hbond substituents is 1. The fourth-order valence-corrected chi connectivity index (χ4v) is 2.32. The second kappa shape index (κ2) is 6.14. The van der Waals surface area contributed by atoms with Crippen molar-refractivity contribution in [1.82, 2.24) is 30.6 Å². The third-order valence-corrected chi connectivity index (χ3v) is 3.38. The molecule has 0 atom stereocenters. The number of aromatic nitrogens is 6. The normalized spacial score (nSPS) is 10.8. The van der Waals surface area contributed by atoms with E-state index in [4.69, 9.17) is 14.7 Å². The molecule has 0 spiro atoms. The average molecular weight is 372 g/mol. The topological polar surface area (TPSA) is 175 Å². The Morgan fingerprint density at radius 1 is 1.07 bits per heavy atom. The predicted octanol–water partition coefficient (Wildman–Crippen LogP) is 1.09. The molecule has 2 aromatic carbocycles. The molecule has 0 aliphatic rings. The van der Waals surface area contributed by atoms with E-state index in [1.54, 1.807) is 0 Å². The molecule has 0 saturated carbocycles. The number of rotatable bonds is 3. The van der Waals surface area contributed by atoms with Gasteiger partial charge in [-0.1, -0.05) is 16.1 Å². The molecular formula is C14H8N6O7. The SMILES string of the molecule is O=C(O)Oc1cccc2nnn(OC(=O)Oc3ccc(O)c4nn[nH]c34)c12. The van der Waals surface area contributed by atoms with Crippen molar-refractivity contribution in [2.24, 2.45) is 0 Å². The molecule has 13 nitrogen and oxygen atoms in total. The fourth-order valence-electron chi connectivity index (χ4n) is 2.32. The molecule has 2 heterocycles. The van der Waals surface area contributed by atoms with Gasteiger partial charge in [0.05, 0.1) is 0 Å². The zero-order valence-electron chi connectivity index (χ0n) is 13.1. The Balaban J connectivity index is 1.62. The highest BCUT2D eigenvalue weighted by molar-refractivity contribution is 5.87. The fraction of sp³-hybridized carbons (Fsp3) is 0. The number of carbonyl (C=O) groups excluding carboxylic acids is 1. The molecule has 27 heavy (non-hydrogen) atoms. The Hall–Kier alpha value is -4.42. The molecule has 0 aliphatic heterocycles. The van der Waals surface area contributed by atoms with Crippen LogP contribution in [0.15, 0.2) is 30.3 Å². The number of hydrogen-bond donors (Lipinski definition) is 3. The summed E-state index contributed by atoms with van der Waals surface area (Å²) in [6, 6.07) is 6.91. The second-order valence-corrected chi connectivity index (χ2v) is 5.02. The summed E-state index contributed by atoms with van der Waals surface area (Å²) < 4.78 is 9.68. The zero-order valence-corrected chi connectivity index (χ0v) is 13.1. The predicted molar refractivity (Wildman–Crippen MR) is 84.3 cm³/mol. The Morgan fingerprint density at radius 2 is 1.93 bits per heavy atom. The third kappa shape index (κ3) is 2.88. The van der Waals surface area contributed by atoms with Crippen LogP contribution in [-0.4, -0.2) is 53.1 Å². The maximum atomic E-state index is 12.1. The minimum atomic E-state index is -1.56. The smallest absolute Gasteiger partial charge is 0.506 e. The highest BCUT2D eigenvalue weighted by Gasteiger charge is 2.19. The van der Waals surface area contributed by atoms with Crippen LogP contribution in [0.25, 0.3) is 22.1 Å². The lowest BCUT2D eigenvalue weighted by molar-refractivity contribution is 0.0774. The van der Waals surface area contributed by atoms with Crippen LogP contribution in [0.1, 0.15) is 0 Å². The van der Waals surface area contributed by atoms with Crippen molar-refractivity contribution in [1.29, 1.82) is 0 Å². The van der Waals surface area contributed by atoms with E-state index in [0.717, 1.165) is 0 Å². The van der Waals surface area contributed by atoms with Gasteiger partial charge in [-0.15, -0.1) is 10.2 Å². The number of aromatic hydroxyl groups is 1. The molecule has 3 N–H and O–H groups in total. The summed E-state index contributed by atoms with van der Waals surface area (Å²) in [7, 11) is 0. The molecule has 2 aromatic heterocycles. The second-order valence-electron chi connectivity index (χ2n) is 5.02. The number of ether oxygens (including phenoxy) is 2. The van der Waals surface area contributed by atoms with Gasteiger partial charge < -0.3 is 19.7 Å². The van der Waals surface area contributed by atoms with Gasteiger partial charge in [0.1, 0.15) is 16.8 Å². The third-order valence-electron chi connectivity index (χ3n) is 3.38. The molecular weight excluding hydrogens is 364 g/mol. The van der Waals surface area contributed by atoms with Crippen LogP contribution in [0, 0.1) is 0 Å². The molecule has 136 valence electrons. The summed E-state index contributed by atoms with van der Waals surface area (Å²) in [5, 5.41) is 35.5. The van der Waals surface area contributed by atoms with Crippen molar-refractivity contribution in [3.63, 3.8) is 0 Å². The quantitative estimate of drug-likeness (QED) is 0.267. The van der Waals surface area contributed by atoms with Crippen LogP contribution in [0.3, 0.4) is 0 Å². The van der Waals surface area contributed by atoms with E-state index in [9.17, 15) is 14.7 Å². The molecule has 0 saturated heterocycles. The van der Waals surface area contributed by atoms with Gasteiger partial charge in [0.15, 0.2) is 22.5 Å². The first kappa shape index (κ1) is 16.1. The number of carbonyl (C=O) groups is 2. The van der Waals surface area contributed by atoms with Gasteiger partial charge in [-0.25, -0.2) is 9.59 Å². The number of fused-ring (bicyclic) bond motifs is 2. The first-order chi connectivity index (χ1) is 13.0. The number of para-hydroxylation sites is 1. The van der Waals surface area contributed by atoms with Crippen LogP contribution in [-0.2, 0) is 0 Å². The number of benzene rings is 2. The highest BCUT2D eigenvalue weighted by atomic mass is 16.8. The van der Waals surface area contributed by atoms with E-state index in [1.165, 1.54) is 30.3 Å². The highest BCUT2D eigenvalue weighted by Crippen LogP contribution is 2.29. The van der Waals surface area contributed by atoms with Crippen molar-refractivity contribution in [2.45, 2.75) is 0 Å². The minimum Gasteiger partial charge on any atom is -0.506 e. The standard InChI is InChI=1S/C14H8N6O7/c21-7-4-5-8(11-10(7)16-18-17-11)26-14(24)27-20-12-6(15-19-20)2-1-3-9(12)25-13(22)23/h1-5,21H,(H,22,23)(H,16,17,18). The molecule has 0 unspecified atom stereocenters. The molecule has 4 rings (SSSR count). The van der Waals surface area contributed by atoms with Crippen molar-refractivity contribution in [3.8, 4) is 17.2 Å². The summed E-state index contributed by atoms with van der Waals surface area (Å²) in [5.41, 5.74) is 0.510. The Kier molecular flexibility index (Phi) is 3.65. The van der Waals surface area contributed by atoms with Crippen LogP contribution in [0.5, 0.6) is 17.2 Å². The number of hydrogen-bond acceptors (Lipinski definition) is 10. The summed E-state index contributed by atoms with van der Waals surface area (Å²) in [4.78, 5) is 28.5. The first-order valence-electron chi connectivity index (χ1n) is 7.21. The number of nitrogens with one attached hydrogen (secondary N) is 1. The first-order valence-corrected chi connectivity index (χ1v) is 7.21.